The first-order valence-electron chi connectivity index (χ1n) is 5.30. The molecule has 1 aliphatic carbocycles. The van der Waals surface area contributed by atoms with E-state index in [0.29, 0.717) is 30.8 Å². The minimum absolute atomic E-state index is 0.280. The van der Waals surface area contributed by atoms with Gasteiger partial charge in [-0.15, -0.1) is 0 Å². The maximum absolute atomic E-state index is 11.5. The highest BCUT2D eigenvalue weighted by atomic mass is 16.5. The first kappa shape index (κ1) is 12.5. The largest absolute Gasteiger partial charge is 0.463 e. The van der Waals surface area contributed by atoms with Gasteiger partial charge in [-0.05, 0) is 31.9 Å². The van der Waals surface area contributed by atoms with E-state index >= 15 is 0 Å². The van der Waals surface area contributed by atoms with Crippen LogP contribution in [-0.4, -0.2) is 18.5 Å². The summed E-state index contributed by atoms with van der Waals surface area (Å²) in [6.07, 6.45) is 2.84. The summed E-state index contributed by atoms with van der Waals surface area (Å²) in [7, 11) is 0. The van der Waals surface area contributed by atoms with E-state index in [1.807, 2.05) is 6.92 Å². The van der Waals surface area contributed by atoms with Crippen molar-refractivity contribution in [1.82, 2.24) is 0 Å². The molecular formula is C12H16O4. The van der Waals surface area contributed by atoms with E-state index < -0.39 is 0 Å². The molecule has 0 heterocycles. The van der Waals surface area contributed by atoms with Gasteiger partial charge in [0.1, 0.15) is 5.76 Å². The van der Waals surface area contributed by atoms with Gasteiger partial charge in [0.05, 0.1) is 6.61 Å². The lowest BCUT2D eigenvalue weighted by Crippen LogP contribution is -2.13. The number of hydrogen-bond donors (Lipinski definition) is 0. The summed E-state index contributed by atoms with van der Waals surface area (Å²) in [4.78, 5) is 22.3. The maximum atomic E-state index is 11.5. The first-order valence-corrected chi connectivity index (χ1v) is 5.30. The molecule has 0 unspecified atom stereocenters. The molecule has 1 rings (SSSR count). The molecule has 0 bridgehead atoms. The molecule has 4 heteroatoms. The van der Waals surface area contributed by atoms with Gasteiger partial charge in [-0.1, -0.05) is 0 Å². The smallest absolute Gasteiger partial charge is 0.334 e. The van der Waals surface area contributed by atoms with Crippen molar-refractivity contribution in [2.45, 2.75) is 33.6 Å². The number of esters is 2. The van der Waals surface area contributed by atoms with Crippen molar-refractivity contribution < 1.29 is 19.1 Å². The quantitative estimate of drug-likeness (QED) is 0.689. The Morgan fingerprint density at radius 2 is 2.06 bits per heavy atom. The Balaban J connectivity index is 2.78. The summed E-state index contributed by atoms with van der Waals surface area (Å²) < 4.78 is 9.92. The van der Waals surface area contributed by atoms with Gasteiger partial charge in [-0.2, -0.15) is 0 Å². The van der Waals surface area contributed by atoms with Crippen LogP contribution in [-0.2, 0) is 19.1 Å². The molecule has 0 fully saturated rings. The topological polar surface area (TPSA) is 52.6 Å². The second kappa shape index (κ2) is 5.49. The molecule has 0 spiro atoms. The molecule has 0 aliphatic heterocycles. The van der Waals surface area contributed by atoms with Gasteiger partial charge in [0, 0.05) is 18.9 Å². The van der Waals surface area contributed by atoms with Crippen LogP contribution in [0, 0.1) is 0 Å². The molecule has 1 aliphatic rings. The van der Waals surface area contributed by atoms with E-state index in [1.165, 1.54) is 6.92 Å². The fraction of sp³-hybridized carbons (Fsp3) is 0.500. The van der Waals surface area contributed by atoms with Crippen molar-refractivity contribution >= 4 is 11.9 Å². The van der Waals surface area contributed by atoms with Crippen LogP contribution < -0.4 is 0 Å². The molecule has 0 saturated carbocycles. The van der Waals surface area contributed by atoms with Gasteiger partial charge in [0.25, 0.3) is 0 Å². The standard InChI is InChI=1S/C12H16O4/c1-4-15-12(14)11-6-5-10(7-8(11)2)16-9(3)13/h7H,4-6H2,1-3H3. The molecule has 0 aromatic rings. The molecule has 0 amide bonds. The molecular weight excluding hydrogens is 208 g/mol. The van der Waals surface area contributed by atoms with Crippen molar-refractivity contribution in [3.05, 3.63) is 23.0 Å². The van der Waals surface area contributed by atoms with Crippen molar-refractivity contribution in [3.8, 4) is 0 Å². The number of hydrogen-bond acceptors (Lipinski definition) is 4. The second-order valence-electron chi connectivity index (χ2n) is 3.59. The third kappa shape index (κ3) is 3.22. The lowest BCUT2D eigenvalue weighted by Gasteiger charge is -2.16. The monoisotopic (exact) mass is 224 g/mol. The molecule has 0 saturated heterocycles. The minimum atomic E-state index is -0.335. The average Bonchev–Trinajstić information content (AvgIpc) is 2.16. The van der Waals surface area contributed by atoms with Gasteiger partial charge in [0.15, 0.2) is 0 Å². The Morgan fingerprint density at radius 3 is 2.56 bits per heavy atom. The molecule has 0 atom stereocenters. The lowest BCUT2D eigenvalue weighted by atomic mass is 9.97. The normalized spacial score (nSPS) is 15.6. The highest BCUT2D eigenvalue weighted by Gasteiger charge is 2.19. The van der Waals surface area contributed by atoms with Crippen LogP contribution in [0.15, 0.2) is 23.0 Å². The van der Waals surface area contributed by atoms with Crippen LogP contribution >= 0.6 is 0 Å². The zero-order valence-electron chi connectivity index (χ0n) is 9.83. The zero-order chi connectivity index (χ0) is 12.1. The van der Waals surface area contributed by atoms with E-state index in [4.69, 9.17) is 9.47 Å². The van der Waals surface area contributed by atoms with Crippen LogP contribution in [0.1, 0.15) is 33.6 Å². The molecule has 0 aromatic carbocycles. The predicted molar refractivity (Wildman–Crippen MR) is 58.4 cm³/mol. The maximum Gasteiger partial charge on any atom is 0.334 e. The third-order valence-electron chi connectivity index (χ3n) is 2.27. The Morgan fingerprint density at radius 1 is 1.38 bits per heavy atom. The van der Waals surface area contributed by atoms with Gasteiger partial charge in [-0.25, -0.2) is 4.79 Å². The van der Waals surface area contributed by atoms with Crippen LogP contribution in [0.25, 0.3) is 0 Å². The Bertz CT molecular complexity index is 363. The minimum Gasteiger partial charge on any atom is -0.463 e. The Labute approximate surface area is 94.9 Å². The number of carbonyl (C=O) groups excluding carboxylic acids is 2. The number of rotatable bonds is 3. The number of ether oxygens (including phenoxy) is 2. The molecule has 0 aromatic heterocycles. The van der Waals surface area contributed by atoms with Crippen molar-refractivity contribution in [1.29, 1.82) is 0 Å². The predicted octanol–water partition coefficient (Wildman–Crippen LogP) is 2.11. The van der Waals surface area contributed by atoms with E-state index in [9.17, 15) is 9.59 Å². The highest BCUT2D eigenvalue weighted by Crippen LogP contribution is 2.25. The molecule has 16 heavy (non-hydrogen) atoms. The van der Waals surface area contributed by atoms with E-state index in [-0.39, 0.29) is 11.9 Å². The third-order valence-corrected chi connectivity index (χ3v) is 2.27. The van der Waals surface area contributed by atoms with Crippen LogP contribution in [0.2, 0.25) is 0 Å². The summed E-state index contributed by atoms with van der Waals surface area (Å²) in [5.74, 6) is -0.00481. The van der Waals surface area contributed by atoms with Crippen molar-refractivity contribution in [2.24, 2.45) is 0 Å². The summed E-state index contributed by atoms with van der Waals surface area (Å²) in [6.45, 7) is 5.32. The summed E-state index contributed by atoms with van der Waals surface area (Å²) in [5.41, 5.74) is 1.47. The molecule has 0 radical (unpaired) electrons. The molecule has 4 nitrogen and oxygen atoms in total. The Kier molecular flexibility index (Phi) is 4.28. The highest BCUT2D eigenvalue weighted by molar-refractivity contribution is 5.90. The van der Waals surface area contributed by atoms with Gasteiger partial charge in [-0.3, -0.25) is 4.79 Å². The fourth-order valence-electron chi connectivity index (χ4n) is 1.59. The van der Waals surface area contributed by atoms with Gasteiger partial charge in [0.2, 0.25) is 0 Å². The van der Waals surface area contributed by atoms with E-state index in [1.54, 1.807) is 13.0 Å². The van der Waals surface area contributed by atoms with Crippen molar-refractivity contribution in [3.63, 3.8) is 0 Å². The summed E-state index contributed by atoms with van der Waals surface area (Å²) in [6, 6.07) is 0. The van der Waals surface area contributed by atoms with E-state index in [0.717, 1.165) is 5.57 Å². The SMILES string of the molecule is CCOC(=O)C1=C(C)C=C(OC(C)=O)CC1. The zero-order valence-corrected chi connectivity index (χ0v) is 9.83. The van der Waals surface area contributed by atoms with Crippen LogP contribution in [0.5, 0.6) is 0 Å². The average molecular weight is 224 g/mol. The Hall–Kier alpha value is -1.58. The first-order chi connectivity index (χ1) is 7.54. The summed E-state index contributed by atoms with van der Waals surface area (Å²) >= 11 is 0. The number of carbonyl (C=O) groups is 2. The summed E-state index contributed by atoms with van der Waals surface area (Å²) in [5, 5.41) is 0. The van der Waals surface area contributed by atoms with Gasteiger partial charge < -0.3 is 9.47 Å². The van der Waals surface area contributed by atoms with Crippen LogP contribution in [0.4, 0.5) is 0 Å². The van der Waals surface area contributed by atoms with Gasteiger partial charge >= 0.3 is 11.9 Å². The fourth-order valence-corrected chi connectivity index (χ4v) is 1.59. The lowest BCUT2D eigenvalue weighted by molar-refractivity contribution is -0.138. The van der Waals surface area contributed by atoms with Crippen molar-refractivity contribution in [2.75, 3.05) is 6.61 Å². The number of allylic oxidation sites excluding steroid dienone is 3. The second-order valence-corrected chi connectivity index (χ2v) is 3.59. The molecule has 0 N–H and O–H groups in total. The van der Waals surface area contributed by atoms with E-state index in [2.05, 4.69) is 0 Å². The molecule has 88 valence electrons. The van der Waals surface area contributed by atoms with Crippen LogP contribution in [0.3, 0.4) is 0 Å².